The van der Waals surface area contributed by atoms with E-state index in [1.54, 1.807) is 0 Å². The molecule has 1 aliphatic rings. The number of hydrogen-bond donors (Lipinski definition) is 1. The average molecular weight is 283 g/mol. The summed E-state index contributed by atoms with van der Waals surface area (Å²) in [6, 6.07) is 4.78. The highest BCUT2D eigenvalue weighted by molar-refractivity contribution is 9.10. The van der Waals surface area contributed by atoms with E-state index in [0.29, 0.717) is 11.5 Å². The fourth-order valence-electron chi connectivity index (χ4n) is 2.37. The van der Waals surface area contributed by atoms with Crippen LogP contribution < -0.4 is 5.32 Å². The molecule has 2 nitrogen and oxygen atoms in total. The molecule has 0 aromatic carbocycles. The number of nitrogens with zero attached hydrogens (tertiary/aromatic N) is 1. The molecular weight excluding hydrogens is 264 g/mol. The lowest BCUT2D eigenvalue weighted by molar-refractivity contribution is 0.364. The van der Waals surface area contributed by atoms with Crippen LogP contribution in [-0.4, -0.2) is 11.0 Å². The van der Waals surface area contributed by atoms with Crippen LogP contribution in [0.15, 0.2) is 22.8 Å². The van der Waals surface area contributed by atoms with Gasteiger partial charge in [0.1, 0.15) is 0 Å². The Balaban J connectivity index is 1.82. The molecule has 1 atom stereocenters. The van der Waals surface area contributed by atoms with Crippen molar-refractivity contribution in [2.75, 3.05) is 0 Å². The molecule has 1 aromatic heterocycles. The van der Waals surface area contributed by atoms with Gasteiger partial charge < -0.3 is 5.32 Å². The molecule has 0 radical (unpaired) electrons. The normalized spacial score (nSPS) is 23.6. The largest absolute Gasteiger partial charge is 0.308 e. The van der Waals surface area contributed by atoms with Gasteiger partial charge in [-0.1, -0.05) is 13.8 Å². The zero-order valence-corrected chi connectivity index (χ0v) is 11.5. The van der Waals surface area contributed by atoms with Crippen molar-refractivity contribution < 1.29 is 0 Å². The first kappa shape index (κ1) is 12.1. The molecule has 0 saturated heterocycles. The van der Waals surface area contributed by atoms with E-state index in [2.05, 4.69) is 46.1 Å². The SMILES string of the molecule is CC1(C)CCC(NCc2ccc(Br)cn2)C1. The molecule has 1 aromatic rings. The first-order valence-electron chi connectivity index (χ1n) is 5.89. The summed E-state index contributed by atoms with van der Waals surface area (Å²) in [7, 11) is 0. The van der Waals surface area contributed by atoms with E-state index >= 15 is 0 Å². The molecule has 1 N–H and O–H groups in total. The Morgan fingerprint density at radius 3 is 2.88 bits per heavy atom. The van der Waals surface area contributed by atoms with Gasteiger partial charge in [0, 0.05) is 23.3 Å². The van der Waals surface area contributed by atoms with Gasteiger partial charge in [0.2, 0.25) is 0 Å². The summed E-state index contributed by atoms with van der Waals surface area (Å²) in [5, 5.41) is 3.60. The Morgan fingerprint density at radius 1 is 1.50 bits per heavy atom. The van der Waals surface area contributed by atoms with Crippen molar-refractivity contribution in [3.05, 3.63) is 28.5 Å². The van der Waals surface area contributed by atoms with Crippen LogP contribution in [0.25, 0.3) is 0 Å². The van der Waals surface area contributed by atoms with Gasteiger partial charge in [-0.05, 0) is 52.7 Å². The summed E-state index contributed by atoms with van der Waals surface area (Å²) >= 11 is 3.39. The Kier molecular flexibility index (Phi) is 3.65. The molecular formula is C13H19BrN2. The highest BCUT2D eigenvalue weighted by Gasteiger charge is 2.30. The van der Waals surface area contributed by atoms with E-state index in [-0.39, 0.29) is 0 Å². The minimum absolute atomic E-state index is 0.519. The molecule has 0 amide bonds. The summed E-state index contributed by atoms with van der Waals surface area (Å²) in [4.78, 5) is 4.37. The maximum atomic E-state index is 4.37. The second-order valence-electron chi connectivity index (χ2n) is 5.45. The van der Waals surface area contributed by atoms with Crippen molar-refractivity contribution in [1.29, 1.82) is 0 Å². The van der Waals surface area contributed by atoms with Gasteiger partial charge in [0.25, 0.3) is 0 Å². The van der Waals surface area contributed by atoms with Gasteiger partial charge in [-0.15, -0.1) is 0 Å². The first-order valence-corrected chi connectivity index (χ1v) is 6.68. The molecule has 16 heavy (non-hydrogen) atoms. The lowest BCUT2D eigenvalue weighted by Gasteiger charge is -2.17. The van der Waals surface area contributed by atoms with Crippen molar-refractivity contribution in [1.82, 2.24) is 10.3 Å². The van der Waals surface area contributed by atoms with E-state index in [0.717, 1.165) is 16.7 Å². The molecule has 0 spiro atoms. The second kappa shape index (κ2) is 4.84. The van der Waals surface area contributed by atoms with Gasteiger partial charge in [-0.3, -0.25) is 4.98 Å². The third-order valence-corrected chi connectivity index (χ3v) is 3.80. The van der Waals surface area contributed by atoms with Crippen LogP contribution in [0.1, 0.15) is 38.8 Å². The van der Waals surface area contributed by atoms with E-state index in [1.807, 2.05) is 12.3 Å². The number of nitrogens with one attached hydrogen (secondary N) is 1. The fourth-order valence-corrected chi connectivity index (χ4v) is 2.60. The predicted octanol–water partition coefficient (Wildman–Crippen LogP) is 3.51. The standard InChI is InChI=1S/C13H19BrN2/c1-13(2)6-5-11(7-13)16-9-12-4-3-10(14)8-15-12/h3-4,8,11,16H,5-7,9H2,1-2H3. The Bertz CT molecular complexity index is 345. The van der Waals surface area contributed by atoms with Crippen LogP contribution in [-0.2, 0) is 6.54 Å². The molecule has 1 fully saturated rings. The summed E-state index contributed by atoms with van der Waals surface area (Å²) in [6.07, 6.45) is 5.76. The van der Waals surface area contributed by atoms with Crippen molar-refractivity contribution in [2.24, 2.45) is 5.41 Å². The van der Waals surface area contributed by atoms with Gasteiger partial charge in [-0.2, -0.15) is 0 Å². The van der Waals surface area contributed by atoms with Crippen LogP contribution in [0.3, 0.4) is 0 Å². The number of aromatic nitrogens is 1. The van der Waals surface area contributed by atoms with Crippen LogP contribution in [0.4, 0.5) is 0 Å². The van der Waals surface area contributed by atoms with Crippen molar-refractivity contribution >= 4 is 15.9 Å². The van der Waals surface area contributed by atoms with Crippen molar-refractivity contribution in [2.45, 2.75) is 45.7 Å². The van der Waals surface area contributed by atoms with E-state index in [4.69, 9.17) is 0 Å². The fraction of sp³-hybridized carbons (Fsp3) is 0.615. The molecule has 0 aliphatic heterocycles. The lowest BCUT2D eigenvalue weighted by Crippen LogP contribution is -2.27. The van der Waals surface area contributed by atoms with Crippen LogP contribution in [0, 0.1) is 5.41 Å². The quantitative estimate of drug-likeness (QED) is 0.918. The number of hydrogen-bond acceptors (Lipinski definition) is 2. The Labute approximate surface area is 106 Å². The minimum atomic E-state index is 0.519. The third kappa shape index (κ3) is 3.29. The maximum Gasteiger partial charge on any atom is 0.0542 e. The zero-order chi connectivity index (χ0) is 11.6. The van der Waals surface area contributed by atoms with Gasteiger partial charge in [0.05, 0.1) is 5.69 Å². The van der Waals surface area contributed by atoms with Crippen LogP contribution in [0.2, 0.25) is 0 Å². The van der Waals surface area contributed by atoms with Crippen molar-refractivity contribution in [3.63, 3.8) is 0 Å². The maximum absolute atomic E-state index is 4.37. The number of pyridine rings is 1. The van der Waals surface area contributed by atoms with Gasteiger partial charge in [-0.25, -0.2) is 0 Å². The van der Waals surface area contributed by atoms with Gasteiger partial charge >= 0.3 is 0 Å². The van der Waals surface area contributed by atoms with Crippen molar-refractivity contribution in [3.8, 4) is 0 Å². The average Bonchev–Trinajstić information content (AvgIpc) is 2.58. The van der Waals surface area contributed by atoms with Crippen LogP contribution >= 0.6 is 15.9 Å². The van der Waals surface area contributed by atoms with E-state index in [1.165, 1.54) is 19.3 Å². The Morgan fingerprint density at radius 2 is 2.31 bits per heavy atom. The minimum Gasteiger partial charge on any atom is -0.308 e. The summed E-state index contributed by atoms with van der Waals surface area (Å²) in [5.74, 6) is 0. The molecule has 1 saturated carbocycles. The molecule has 1 unspecified atom stereocenters. The third-order valence-electron chi connectivity index (χ3n) is 3.33. The summed E-state index contributed by atoms with van der Waals surface area (Å²) in [5.41, 5.74) is 1.64. The Hall–Kier alpha value is -0.410. The molecule has 88 valence electrons. The summed E-state index contributed by atoms with van der Waals surface area (Å²) < 4.78 is 1.04. The lowest BCUT2D eigenvalue weighted by atomic mass is 9.92. The number of rotatable bonds is 3. The highest BCUT2D eigenvalue weighted by atomic mass is 79.9. The number of halogens is 1. The monoisotopic (exact) mass is 282 g/mol. The molecule has 0 bridgehead atoms. The molecule has 1 aliphatic carbocycles. The zero-order valence-electron chi connectivity index (χ0n) is 9.96. The first-order chi connectivity index (χ1) is 7.55. The topological polar surface area (TPSA) is 24.9 Å². The molecule has 2 rings (SSSR count). The second-order valence-corrected chi connectivity index (χ2v) is 6.37. The van der Waals surface area contributed by atoms with Crippen LogP contribution in [0.5, 0.6) is 0 Å². The molecule has 3 heteroatoms. The molecule has 1 heterocycles. The smallest absolute Gasteiger partial charge is 0.0542 e. The highest BCUT2D eigenvalue weighted by Crippen LogP contribution is 2.36. The van der Waals surface area contributed by atoms with E-state index < -0.39 is 0 Å². The van der Waals surface area contributed by atoms with E-state index in [9.17, 15) is 0 Å². The predicted molar refractivity (Wildman–Crippen MR) is 70.2 cm³/mol. The van der Waals surface area contributed by atoms with Gasteiger partial charge in [0.15, 0.2) is 0 Å². The summed E-state index contributed by atoms with van der Waals surface area (Å²) in [6.45, 7) is 5.59.